The number of hydrogen-bond donors (Lipinski definition) is 1. The van der Waals surface area contributed by atoms with Gasteiger partial charge < -0.3 is 9.73 Å². The molecule has 3 aromatic rings. The monoisotopic (exact) mass is 492 g/mol. The Morgan fingerprint density at radius 2 is 1.89 bits per heavy atom. The fraction of sp³-hybridized carbons (Fsp3) is 0.231. The second kappa shape index (κ2) is 8.71. The van der Waals surface area contributed by atoms with Gasteiger partial charge in [-0.25, -0.2) is 18.6 Å². The third-order valence-electron chi connectivity index (χ3n) is 6.49. The summed E-state index contributed by atoms with van der Waals surface area (Å²) < 4.78 is 32.8. The molecule has 0 radical (unpaired) electrons. The van der Waals surface area contributed by atoms with Gasteiger partial charge in [-0.05, 0) is 49.2 Å². The molecule has 2 aliphatic rings. The van der Waals surface area contributed by atoms with Crippen molar-refractivity contribution >= 4 is 23.6 Å². The molecule has 184 valence electrons. The summed E-state index contributed by atoms with van der Waals surface area (Å²) in [5, 5.41) is 8.23. The van der Waals surface area contributed by atoms with Crippen LogP contribution >= 0.6 is 0 Å². The maximum atomic E-state index is 13.8. The number of benzene rings is 2. The second-order valence-electron chi connectivity index (χ2n) is 8.96. The number of imide groups is 1. The van der Waals surface area contributed by atoms with E-state index in [2.05, 4.69) is 10.4 Å². The highest BCUT2D eigenvalue weighted by molar-refractivity contribution is 6.09. The van der Waals surface area contributed by atoms with E-state index >= 15 is 0 Å². The molecule has 36 heavy (non-hydrogen) atoms. The number of aryl methyl sites for hydroxylation is 1. The van der Waals surface area contributed by atoms with Gasteiger partial charge in [0.15, 0.2) is 11.6 Å². The van der Waals surface area contributed by atoms with Crippen LogP contribution in [0.4, 0.5) is 13.6 Å². The van der Waals surface area contributed by atoms with Crippen molar-refractivity contribution in [2.24, 2.45) is 5.10 Å². The summed E-state index contributed by atoms with van der Waals surface area (Å²) in [6, 6.07) is 12.7. The fourth-order valence-electron chi connectivity index (χ4n) is 4.41. The number of carbonyl (C=O) groups is 3. The van der Waals surface area contributed by atoms with Gasteiger partial charge in [-0.3, -0.25) is 14.5 Å². The summed E-state index contributed by atoms with van der Waals surface area (Å²) in [7, 11) is 0. The van der Waals surface area contributed by atoms with E-state index in [0.717, 1.165) is 28.2 Å². The van der Waals surface area contributed by atoms with Gasteiger partial charge in [-0.15, -0.1) is 0 Å². The maximum absolute atomic E-state index is 13.8. The topological polar surface area (TPSA) is 95.2 Å². The van der Waals surface area contributed by atoms with E-state index < -0.39 is 47.6 Å². The smallest absolute Gasteiger partial charge is 0.325 e. The van der Waals surface area contributed by atoms with Crippen molar-refractivity contribution in [2.45, 2.75) is 31.8 Å². The molecule has 1 fully saturated rings. The molecule has 2 aromatic carbocycles. The predicted octanol–water partition coefficient (Wildman–Crippen LogP) is 4.01. The lowest BCUT2D eigenvalue weighted by molar-refractivity contribution is -0.140. The molecule has 5 rings (SSSR count). The van der Waals surface area contributed by atoms with Crippen molar-refractivity contribution in [3.8, 4) is 0 Å². The first kappa shape index (κ1) is 23.4. The van der Waals surface area contributed by atoms with Crippen molar-refractivity contribution in [3.63, 3.8) is 0 Å². The van der Waals surface area contributed by atoms with Crippen LogP contribution in [0, 0.1) is 18.6 Å². The average Bonchev–Trinajstić information content (AvgIpc) is 3.58. The Kier molecular flexibility index (Phi) is 5.66. The number of urea groups is 1. The first-order valence-electron chi connectivity index (χ1n) is 11.3. The highest BCUT2D eigenvalue weighted by Gasteiger charge is 2.50. The Balaban J connectivity index is 1.41. The summed E-state index contributed by atoms with van der Waals surface area (Å²) in [5.41, 5.74) is 0.981. The Morgan fingerprint density at radius 1 is 1.14 bits per heavy atom. The predicted molar refractivity (Wildman–Crippen MR) is 125 cm³/mol. The van der Waals surface area contributed by atoms with Gasteiger partial charge >= 0.3 is 6.03 Å². The van der Waals surface area contributed by atoms with E-state index in [-0.39, 0.29) is 5.56 Å². The van der Waals surface area contributed by atoms with E-state index in [0.29, 0.717) is 17.9 Å². The normalized spacial score (nSPS) is 21.7. The van der Waals surface area contributed by atoms with Gasteiger partial charge in [0.25, 0.3) is 11.8 Å². The number of carbonyl (C=O) groups excluding carboxylic acids is 3. The number of amides is 4. The first-order chi connectivity index (χ1) is 17.2. The largest absolute Gasteiger partial charge is 0.467 e. The Bertz CT molecular complexity index is 1390. The van der Waals surface area contributed by atoms with Crippen LogP contribution in [-0.2, 0) is 15.1 Å². The molecule has 2 aliphatic heterocycles. The lowest BCUT2D eigenvalue weighted by Gasteiger charge is -2.24. The van der Waals surface area contributed by atoms with E-state index in [1.54, 1.807) is 12.1 Å². The number of furan rings is 1. The van der Waals surface area contributed by atoms with Crippen LogP contribution in [0.15, 0.2) is 70.4 Å². The van der Waals surface area contributed by atoms with Crippen molar-refractivity contribution in [1.29, 1.82) is 0 Å². The molecule has 8 nitrogen and oxygen atoms in total. The Hall–Kier alpha value is -4.34. The zero-order valence-corrected chi connectivity index (χ0v) is 19.5. The molecule has 0 saturated carbocycles. The maximum Gasteiger partial charge on any atom is 0.325 e. The fourth-order valence-corrected chi connectivity index (χ4v) is 4.41. The van der Waals surface area contributed by atoms with Crippen LogP contribution in [0.5, 0.6) is 0 Å². The van der Waals surface area contributed by atoms with Gasteiger partial charge in [-0.1, -0.05) is 35.9 Å². The number of hydrogen-bond acceptors (Lipinski definition) is 5. The summed E-state index contributed by atoms with van der Waals surface area (Å²) in [5.74, 6) is -3.08. The summed E-state index contributed by atoms with van der Waals surface area (Å²) >= 11 is 0. The SMILES string of the molecule is Cc1ccc(C2=NN(C(=O)CN3C(=O)N[C@@](C)(c4ccc(F)c(F)c4)C3=O)[C@H](c3ccco3)C2)cc1. The molecule has 0 spiro atoms. The van der Waals surface area contributed by atoms with E-state index in [4.69, 9.17) is 4.42 Å². The summed E-state index contributed by atoms with van der Waals surface area (Å²) in [4.78, 5) is 40.0. The van der Waals surface area contributed by atoms with E-state index in [9.17, 15) is 23.2 Å². The van der Waals surface area contributed by atoms with Crippen molar-refractivity contribution < 1.29 is 27.6 Å². The molecule has 1 aromatic heterocycles. The van der Waals surface area contributed by atoms with Crippen molar-refractivity contribution in [3.05, 3.63) is 94.9 Å². The first-order valence-corrected chi connectivity index (χ1v) is 11.3. The van der Waals surface area contributed by atoms with Crippen LogP contribution in [0.1, 0.15) is 41.8 Å². The van der Waals surface area contributed by atoms with Gasteiger partial charge in [0.05, 0.1) is 12.0 Å². The van der Waals surface area contributed by atoms with Gasteiger partial charge in [0.1, 0.15) is 23.9 Å². The lowest BCUT2D eigenvalue weighted by atomic mass is 9.92. The zero-order chi connectivity index (χ0) is 25.6. The molecule has 1 saturated heterocycles. The van der Waals surface area contributed by atoms with Crippen LogP contribution in [0.3, 0.4) is 0 Å². The molecule has 0 unspecified atom stereocenters. The molecule has 0 bridgehead atoms. The molecule has 1 N–H and O–H groups in total. The van der Waals surface area contributed by atoms with Crippen molar-refractivity contribution in [1.82, 2.24) is 15.2 Å². The minimum Gasteiger partial charge on any atom is -0.467 e. The van der Waals surface area contributed by atoms with Crippen LogP contribution < -0.4 is 5.32 Å². The molecular weight excluding hydrogens is 470 g/mol. The number of rotatable bonds is 5. The number of nitrogens with one attached hydrogen (secondary N) is 1. The highest BCUT2D eigenvalue weighted by Crippen LogP contribution is 2.34. The molecule has 10 heteroatoms. The van der Waals surface area contributed by atoms with Gasteiger partial charge in [0, 0.05) is 6.42 Å². The van der Waals surface area contributed by atoms with Gasteiger partial charge in [0.2, 0.25) is 0 Å². The Morgan fingerprint density at radius 3 is 2.56 bits per heavy atom. The number of nitrogens with zero attached hydrogens (tertiary/aromatic N) is 3. The Labute approximate surface area is 205 Å². The lowest BCUT2D eigenvalue weighted by Crippen LogP contribution is -2.43. The summed E-state index contributed by atoms with van der Waals surface area (Å²) in [6.45, 7) is 2.75. The summed E-state index contributed by atoms with van der Waals surface area (Å²) in [6.07, 6.45) is 1.88. The van der Waals surface area contributed by atoms with Crippen LogP contribution in [-0.4, -0.2) is 40.0 Å². The molecule has 4 amide bonds. The molecule has 3 heterocycles. The zero-order valence-electron chi connectivity index (χ0n) is 19.5. The van der Waals surface area contributed by atoms with E-state index in [1.807, 2.05) is 31.2 Å². The highest BCUT2D eigenvalue weighted by atomic mass is 19.2. The third kappa shape index (κ3) is 3.94. The number of hydrazone groups is 1. The number of halogens is 2. The molecule has 0 aliphatic carbocycles. The molecule has 2 atom stereocenters. The third-order valence-corrected chi connectivity index (χ3v) is 6.49. The van der Waals surface area contributed by atoms with Gasteiger partial charge in [-0.2, -0.15) is 5.10 Å². The minimum atomic E-state index is -1.66. The standard InChI is InChI=1S/C26H22F2N4O4/c1-15-5-7-16(8-6-15)20-13-21(22-4-3-11-36-22)32(30-20)23(33)14-31-24(34)26(2,29-25(31)35)17-9-10-18(27)19(28)12-17/h3-12,21H,13-14H2,1-2H3,(H,29,35)/t21-,26-/m0/s1. The minimum absolute atomic E-state index is 0.0593. The van der Waals surface area contributed by atoms with Crippen molar-refractivity contribution in [2.75, 3.05) is 6.54 Å². The second-order valence-corrected chi connectivity index (χ2v) is 8.96. The average molecular weight is 492 g/mol. The van der Waals surface area contributed by atoms with Crippen LogP contribution in [0.2, 0.25) is 0 Å². The van der Waals surface area contributed by atoms with Crippen LogP contribution in [0.25, 0.3) is 0 Å². The van der Waals surface area contributed by atoms with E-state index in [1.165, 1.54) is 24.3 Å². The molecular formula is C26H22F2N4O4. The quantitative estimate of drug-likeness (QED) is 0.545.